The molecule has 2 amide bonds. The zero-order chi connectivity index (χ0) is 19.4. The highest BCUT2D eigenvalue weighted by Crippen LogP contribution is 2.24. The van der Waals surface area contributed by atoms with Crippen LogP contribution in [0.15, 0.2) is 48.5 Å². The van der Waals surface area contributed by atoms with E-state index in [1.54, 1.807) is 12.1 Å². The normalized spacial score (nSPS) is 14.5. The summed E-state index contributed by atoms with van der Waals surface area (Å²) in [6.45, 7) is 6.03. The largest absolute Gasteiger partial charge is 0.374 e. The van der Waals surface area contributed by atoms with Crippen LogP contribution in [0.4, 0.5) is 11.4 Å². The van der Waals surface area contributed by atoms with Gasteiger partial charge in [0, 0.05) is 23.0 Å². The third kappa shape index (κ3) is 5.09. The van der Waals surface area contributed by atoms with Gasteiger partial charge in [0.25, 0.3) is 5.91 Å². The molecule has 0 aliphatic heterocycles. The Labute approximate surface area is 160 Å². The lowest BCUT2D eigenvalue weighted by atomic mass is 10.0. The van der Waals surface area contributed by atoms with Crippen molar-refractivity contribution in [2.24, 2.45) is 0 Å². The molecule has 1 aliphatic rings. The van der Waals surface area contributed by atoms with Crippen LogP contribution < -0.4 is 16.0 Å². The number of rotatable bonds is 7. The summed E-state index contributed by atoms with van der Waals surface area (Å²) in [5.41, 5.74) is 3.40. The number of carbonyl (C=O) groups is 2. The molecule has 0 heterocycles. The molecule has 0 aromatic heterocycles. The number of hydrogen-bond donors (Lipinski definition) is 3. The van der Waals surface area contributed by atoms with E-state index >= 15 is 0 Å². The average molecular weight is 365 g/mol. The number of para-hydroxylation sites is 1. The van der Waals surface area contributed by atoms with Crippen LogP contribution in [0.25, 0.3) is 0 Å². The fourth-order valence-corrected chi connectivity index (χ4v) is 2.89. The van der Waals surface area contributed by atoms with Crippen molar-refractivity contribution in [2.45, 2.75) is 51.6 Å². The van der Waals surface area contributed by atoms with Crippen LogP contribution in [0.5, 0.6) is 0 Å². The van der Waals surface area contributed by atoms with E-state index in [0.29, 0.717) is 17.5 Å². The SMILES string of the molecule is CC(Nc1ccc(C(=O)NC2CC2)cc1)C(=O)Nc1ccccc1C(C)C. The molecule has 142 valence electrons. The fraction of sp³-hybridized carbons (Fsp3) is 0.364. The molecule has 2 aromatic rings. The number of nitrogens with one attached hydrogen (secondary N) is 3. The Morgan fingerprint density at radius 1 is 0.963 bits per heavy atom. The van der Waals surface area contributed by atoms with Crippen LogP contribution in [0.1, 0.15) is 55.5 Å². The van der Waals surface area contributed by atoms with Gasteiger partial charge in [-0.3, -0.25) is 9.59 Å². The minimum absolute atomic E-state index is 0.0415. The summed E-state index contributed by atoms with van der Waals surface area (Å²) in [5.74, 6) is 0.192. The topological polar surface area (TPSA) is 70.2 Å². The van der Waals surface area contributed by atoms with E-state index in [1.807, 2.05) is 43.3 Å². The molecule has 3 N–H and O–H groups in total. The van der Waals surface area contributed by atoms with Gasteiger partial charge in [-0.2, -0.15) is 0 Å². The molecule has 0 saturated heterocycles. The Morgan fingerprint density at radius 3 is 2.26 bits per heavy atom. The predicted molar refractivity (Wildman–Crippen MR) is 109 cm³/mol. The molecule has 2 aromatic carbocycles. The number of anilines is 2. The quantitative estimate of drug-likeness (QED) is 0.690. The minimum atomic E-state index is -0.406. The van der Waals surface area contributed by atoms with E-state index < -0.39 is 6.04 Å². The van der Waals surface area contributed by atoms with Crippen LogP contribution in [-0.4, -0.2) is 23.9 Å². The van der Waals surface area contributed by atoms with Crippen LogP contribution >= 0.6 is 0 Å². The van der Waals surface area contributed by atoms with Crippen LogP contribution in [0.2, 0.25) is 0 Å². The summed E-state index contributed by atoms with van der Waals surface area (Å²) < 4.78 is 0. The van der Waals surface area contributed by atoms with E-state index in [2.05, 4.69) is 29.8 Å². The molecule has 0 radical (unpaired) electrons. The highest BCUT2D eigenvalue weighted by Gasteiger charge is 2.23. The van der Waals surface area contributed by atoms with Gasteiger partial charge in [-0.1, -0.05) is 32.0 Å². The van der Waals surface area contributed by atoms with Crippen LogP contribution in [0, 0.1) is 0 Å². The molecule has 1 fully saturated rings. The average Bonchev–Trinajstić information content (AvgIpc) is 3.46. The Morgan fingerprint density at radius 2 is 1.63 bits per heavy atom. The monoisotopic (exact) mass is 365 g/mol. The molecule has 1 unspecified atom stereocenters. The van der Waals surface area contributed by atoms with Gasteiger partial charge in [-0.15, -0.1) is 0 Å². The van der Waals surface area contributed by atoms with Gasteiger partial charge in [0.1, 0.15) is 6.04 Å². The van der Waals surface area contributed by atoms with Gasteiger partial charge in [0.05, 0.1) is 0 Å². The first-order valence-electron chi connectivity index (χ1n) is 9.51. The van der Waals surface area contributed by atoms with Crippen molar-refractivity contribution in [3.05, 3.63) is 59.7 Å². The van der Waals surface area contributed by atoms with Gasteiger partial charge in [-0.25, -0.2) is 0 Å². The second-order valence-electron chi connectivity index (χ2n) is 7.42. The predicted octanol–water partition coefficient (Wildman–Crippen LogP) is 4.14. The highest BCUT2D eigenvalue weighted by atomic mass is 16.2. The lowest BCUT2D eigenvalue weighted by Gasteiger charge is -2.18. The van der Waals surface area contributed by atoms with Crippen molar-refractivity contribution in [1.82, 2.24) is 5.32 Å². The van der Waals surface area contributed by atoms with Gasteiger partial charge in [0.15, 0.2) is 0 Å². The lowest BCUT2D eigenvalue weighted by molar-refractivity contribution is -0.116. The zero-order valence-electron chi connectivity index (χ0n) is 16.1. The van der Waals surface area contributed by atoms with Crippen molar-refractivity contribution >= 4 is 23.2 Å². The highest BCUT2D eigenvalue weighted by molar-refractivity contribution is 5.97. The molecule has 1 saturated carbocycles. The maximum absolute atomic E-state index is 12.6. The van der Waals surface area contributed by atoms with Crippen molar-refractivity contribution < 1.29 is 9.59 Å². The molecule has 0 spiro atoms. The molecule has 5 nitrogen and oxygen atoms in total. The zero-order valence-corrected chi connectivity index (χ0v) is 16.1. The van der Waals surface area contributed by atoms with E-state index in [9.17, 15) is 9.59 Å². The lowest BCUT2D eigenvalue weighted by Crippen LogP contribution is -2.32. The molecule has 27 heavy (non-hydrogen) atoms. The third-order valence-electron chi connectivity index (χ3n) is 4.68. The van der Waals surface area contributed by atoms with Crippen molar-refractivity contribution in [1.29, 1.82) is 0 Å². The van der Waals surface area contributed by atoms with Gasteiger partial charge in [0.2, 0.25) is 5.91 Å². The summed E-state index contributed by atoms with van der Waals surface area (Å²) in [6.07, 6.45) is 2.13. The summed E-state index contributed by atoms with van der Waals surface area (Å²) in [6, 6.07) is 15.0. The Kier molecular flexibility index (Phi) is 5.79. The Bertz CT molecular complexity index is 811. The van der Waals surface area contributed by atoms with Gasteiger partial charge in [-0.05, 0) is 61.6 Å². The summed E-state index contributed by atoms with van der Waals surface area (Å²) >= 11 is 0. The first kappa shape index (κ1) is 19.0. The fourth-order valence-electron chi connectivity index (χ4n) is 2.89. The molecule has 3 rings (SSSR count). The number of amides is 2. The summed E-state index contributed by atoms with van der Waals surface area (Å²) in [5, 5.41) is 9.16. The molecular weight excluding hydrogens is 338 g/mol. The summed E-state index contributed by atoms with van der Waals surface area (Å²) in [4.78, 5) is 24.6. The number of carbonyl (C=O) groups excluding carboxylic acids is 2. The standard InChI is InChI=1S/C22H27N3O2/c1-14(2)19-6-4-5-7-20(19)25-21(26)15(3)23-17-10-8-16(9-11-17)22(27)24-18-12-13-18/h4-11,14-15,18,23H,12-13H2,1-3H3,(H,24,27)(H,25,26). The maximum Gasteiger partial charge on any atom is 0.251 e. The Hall–Kier alpha value is -2.82. The van der Waals surface area contributed by atoms with E-state index in [-0.39, 0.29) is 11.8 Å². The van der Waals surface area contributed by atoms with Gasteiger partial charge >= 0.3 is 0 Å². The molecule has 1 aliphatic carbocycles. The first-order chi connectivity index (χ1) is 12.9. The maximum atomic E-state index is 12.6. The van der Waals surface area contributed by atoms with Crippen LogP contribution in [0.3, 0.4) is 0 Å². The first-order valence-corrected chi connectivity index (χ1v) is 9.51. The van der Waals surface area contributed by atoms with E-state index in [1.165, 1.54) is 0 Å². The molecule has 1 atom stereocenters. The summed E-state index contributed by atoms with van der Waals surface area (Å²) in [7, 11) is 0. The third-order valence-corrected chi connectivity index (χ3v) is 4.68. The second kappa shape index (κ2) is 8.25. The molecular formula is C22H27N3O2. The van der Waals surface area contributed by atoms with E-state index in [4.69, 9.17) is 0 Å². The second-order valence-corrected chi connectivity index (χ2v) is 7.42. The number of benzene rings is 2. The number of hydrogen-bond acceptors (Lipinski definition) is 3. The van der Waals surface area contributed by atoms with Crippen molar-refractivity contribution in [3.63, 3.8) is 0 Å². The molecule has 5 heteroatoms. The van der Waals surface area contributed by atoms with E-state index in [0.717, 1.165) is 29.8 Å². The molecule has 0 bridgehead atoms. The van der Waals surface area contributed by atoms with Gasteiger partial charge < -0.3 is 16.0 Å². The van der Waals surface area contributed by atoms with Crippen molar-refractivity contribution in [2.75, 3.05) is 10.6 Å². The van der Waals surface area contributed by atoms with Crippen molar-refractivity contribution in [3.8, 4) is 0 Å². The van der Waals surface area contributed by atoms with Crippen LogP contribution in [-0.2, 0) is 4.79 Å². The Balaban J connectivity index is 1.58. The minimum Gasteiger partial charge on any atom is -0.374 e. The smallest absolute Gasteiger partial charge is 0.251 e.